The highest BCUT2D eigenvalue weighted by atomic mass is 32.2. The number of nitrogens with zero attached hydrogens (tertiary/aromatic N) is 1. The number of carbonyl (C=O) groups is 1. The van der Waals surface area contributed by atoms with Gasteiger partial charge < -0.3 is 0 Å². The lowest BCUT2D eigenvalue weighted by molar-refractivity contribution is -0.119. The maximum atomic E-state index is 12.7. The Balaban J connectivity index is 1.90. The SMILES string of the molecule is CC(=O)C1C2=C(CCC(C)(C)C2)SC1c1ccccc1CN(S)CC(C)C. The Labute approximate surface area is 174 Å². The minimum atomic E-state index is 0.0317. The molecule has 0 saturated carbocycles. The van der Waals surface area contributed by atoms with Gasteiger partial charge in [0.15, 0.2) is 0 Å². The molecule has 27 heavy (non-hydrogen) atoms. The van der Waals surface area contributed by atoms with Crippen LogP contribution in [0.3, 0.4) is 0 Å². The lowest BCUT2D eigenvalue weighted by Gasteiger charge is -2.32. The van der Waals surface area contributed by atoms with E-state index in [-0.39, 0.29) is 11.2 Å². The molecule has 148 valence electrons. The Morgan fingerprint density at radius 1 is 1.33 bits per heavy atom. The third kappa shape index (κ3) is 4.83. The van der Waals surface area contributed by atoms with Crippen LogP contribution in [-0.4, -0.2) is 16.6 Å². The van der Waals surface area contributed by atoms with E-state index < -0.39 is 0 Å². The third-order valence-electron chi connectivity index (χ3n) is 5.73. The maximum Gasteiger partial charge on any atom is 0.138 e. The van der Waals surface area contributed by atoms with E-state index in [1.807, 2.05) is 11.8 Å². The summed E-state index contributed by atoms with van der Waals surface area (Å²) in [5, 5.41) is 0.221. The van der Waals surface area contributed by atoms with E-state index in [1.54, 1.807) is 6.92 Å². The fourth-order valence-corrected chi connectivity index (χ4v) is 6.68. The zero-order valence-electron chi connectivity index (χ0n) is 17.3. The van der Waals surface area contributed by atoms with Gasteiger partial charge >= 0.3 is 0 Å². The van der Waals surface area contributed by atoms with Crippen molar-refractivity contribution in [3.63, 3.8) is 0 Å². The van der Waals surface area contributed by atoms with Crippen molar-refractivity contribution in [2.75, 3.05) is 6.54 Å². The Kier molecular flexibility index (Phi) is 6.49. The second kappa shape index (κ2) is 8.34. The highest BCUT2D eigenvalue weighted by Crippen LogP contribution is 2.59. The predicted molar refractivity (Wildman–Crippen MR) is 120 cm³/mol. The lowest BCUT2D eigenvalue weighted by Crippen LogP contribution is -2.24. The quantitative estimate of drug-likeness (QED) is 0.551. The topological polar surface area (TPSA) is 20.3 Å². The first-order valence-electron chi connectivity index (χ1n) is 10.1. The average molecular weight is 404 g/mol. The van der Waals surface area contributed by atoms with E-state index in [2.05, 4.69) is 69.1 Å². The summed E-state index contributed by atoms with van der Waals surface area (Å²) in [5.74, 6) is 0.927. The molecular weight excluding hydrogens is 370 g/mol. The van der Waals surface area contributed by atoms with Gasteiger partial charge in [0, 0.05) is 18.3 Å². The number of rotatable bonds is 6. The zero-order chi connectivity index (χ0) is 19.8. The monoisotopic (exact) mass is 403 g/mol. The number of carbonyl (C=O) groups excluding carboxylic acids is 1. The standard InChI is InChI=1S/C23H33NOS2/c1-15(2)13-24(26)14-17-8-6-7-9-18(17)22-21(16(3)25)19-12-23(4,5)11-10-20(19)27-22/h6-9,15,21-22,26H,10-14H2,1-5H3. The summed E-state index contributed by atoms with van der Waals surface area (Å²) >= 11 is 6.64. The molecule has 1 heterocycles. The van der Waals surface area contributed by atoms with Crippen molar-refractivity contribution < 1.29 is 4.79 Å². The molecule has 2 unspecified atom stereocenters. The molecule has 4 heteroatoms. The van der Waals surface area contributed by atoms with Gasteiger partial charge in [0.1, 0.15) is 5.78 Å². The summed E-state index contributed by atoms with van der Waals surface area (Å²) in [5.41, 5.74) is 4.35. The van der Waals surface area contributed by atoms with Crippen LogP contribution in [0.2, 0.25) is 0 Å². The second-order valence-electron chi connectivity index (χ2n) is 9.36. The normalized spacial score (nSPS) is 24.6. The van der Waals surface area contributed by atoms with Crippen LogP contribution in [0.1, 0.15) is 70.3 Å². The van der Waals surface area contributed by atoms with Crippen molar-refractivity contribution in [1.82, 2.24) is 4.31 Å². The molecule has 0 radical (unpaired) electrons. The number of benzene rings is 1. The Bertz CT molecular complexity index is 738. The Hall–Kier alpha value is -0.710. The van der Waals surface area contributed by atoms with Gasteiger partial charge in [-0.3, -0.25) is 4.79 Å². The number of allylic oxidation sites excluding steroid dienone is 2. The predicted octanol–water partition coefficient (Wildman–Crippen LogP) is 6.45. The molecule has 0 fully saturated rings. The van der Waals surface area contributed by atoms with Gasteiger partial charge in [-0.2, -0.15) is 0 Å². The molecule has 1 aliphatic heterocycles. The summed E-state index contributed by atoms with van der Waals surface area (Å²) in [7, 11) is 0. The molecule has 0 bridgehead atoms. The Morgan fingerprint density at radius 3 is 2.70 bits per heavy atom. The van der Waals surface area contributed by atoms with Crippen molar-refractivity contribution in [1.29, 1.82) is 0 Å². The molecule has 1 aromatic rings. The molecule has 0 N–H and O–H groups in total. The van der Waals surface area contributed by atoms with Gasteiger partial charge in [-0.1, -0.05) is 64.8 Å². The van der Waals surface area contributed by atoms with Gasteiger partial charge in [0.05, 0.1) is 5.92 Å². The van der Waals surface area contributed by atoms with E-state index in [0.717, 1.165) is 25.9 Å². The van der Waals surface area contributed by atoms with Crippen LogP contribution in [0.5, 0.6) is 0 Å². The second-order valence-corrected chi connectivity index (χ2v) is 11.2. The minimum Gasteiger partial charge on any atom is -0.299 e. The fraction of sp³-hybridized carbons (Fsp3) is 0.609. The van der Waals surface area contributed by atoms with Gasteiger partial charge in [-0.25, -0.2) is 4.31 Å². The number of thiol groups is 1. The van der Waals surface area contributed by atoms with Crippen LogP contribution in [0.25, 0.3) is 0 Å². The summed E-state index contributed by atoms with van der Waals surface area (Å²) < 4.78 is 2.10. The number of ketones is 1. The molecule has 3 rings (SSSR count). The molecular formula is C23H33NOS2. The van der Waals surface area contributed by atoms with Crippen molar-refractivity contribution in [3.05, 3.63) is 45.9 Å². The fourth-order valence-electron chi connectivity index (χ4n) is 4.48. The molecule has 2 atom stereocenters. The summed E-state index contributed by atoms with van der Waals surface area (Å²) in [4.78, 5) is 14.2. The molecule has 2 aliphatic rings. The van der Waals surface area contributed by atoms with Gasteiger partial charge in [0.25, 0.3) is 0 Å². The zero-order valence-corrected chi connectivity index (χ0v) is 19.0. The number of Topliss-reactive ketones (excluding diaryl/α,β-unsaturated/α-hetero) is 1. The first kappa shape index (κ1) is 21.0. The van der Waals surface area contributed by atoms with E-state index in [1.165, 1.54) is 28.0 Å². The molecule has 2 nitrogen and oxygen atoms in total. The van der Waals surface area contributed by atoms with Gasteiger partial charge in [-0.05, 0) is 59.1 Å². The number of thioether (sulfide) groups is 1. The molecule has 1 aromatic carbocycles. The van der Waals surface area contributed by atoms with Crippen LogP contribution in [0, 0.1) is 17.3 Å². The Morgan fingerprint density at radius 2 is 2.04 bits per heavy atom. The van der Waals surface area contributed by atoms with E-state index >= 15 is 0 Å². The summed E-state index contributed by atoms with van der Waals surface area (Å²) in [6.45, 7) is 12.7. The van der Waals surface area contributed by atoms with Crippen LogP contribution in [0.4, 0.5) is 0 Å². The first-order chi connectivity index (χ1) is 12.7. The molecule has 1 aliphatic carbocycles. The van der Waals surface area contributed by atoms with Crippen LogP contribution in [0.15, 0.2) is 34.7 Å². The third-order valence-corrected chi connectivity index (χ3v) is 7.57. The highest BCUT2D eigenvalue weighted by molar-refractivity contribution is 8.03. The summed E-state index contributed by atoms with van der Waals surface area (Å²) in [6, 6.07) is 8.65. The molecule has 0 aromatic heterocycles. The van der Waals surface area contributed by atoms with Gasteiger partial charge in [0.2, 0.25) is 0 Å². The van der Waals surface area contributed by atoms with E-state index in [9.17, 15) is 4.79 Å². The van der Waals surface area contributed by atoms with E-state index in [0.29, 0.717) is 17.1 Å². The largest absolute Gasteiger partial charge is 0.299 e. The highest BCUT2D eigenvalue weighted by Gasteiger charge is 2.43. The van der Waals surface area contributed by atoms with Crippen molar-refractivity contribution in [2.45, 2.75) is 65.7 Å². The molecule has 0 spiro atoms. The van der Waals surface area contributed by atoms with Crippen molar-refractivity contribution in [3.8, 4) is 0 Å². The number of hydrogen-bond acceptors (Lipinski definition) is 4. The van der Waals surface area contributed by atoms with Crippen LogP contribution < -0.4 is 0 Å². The van der Waals surface area contributed by atoms with Crippen molar-refractivity contribution in [2.24, 2.45) is 17.3 Å². The molecule has 0 amide bonds. The maximum absolute atomic E-state index is 12.7. The molecule has 0 saturated heterocycles. The number of hydrogen-bond donors (Lipinski definition) is 1. The minimum absolute atomic E-state index is 0.0317. The first-order valence-corrected chi connectivity index (χ1v) is 11.4. The van der Waals surface area contributed by atoms with Crippen molar-refractivity contribution >= 4 is 30.4 Å². The van der Waals surface area contributed by atoms with Gasteiger partial charge in [-0.15, -0.1) is 11.8 Å². The smallest absolute Gasteiger partial charge is 0.138 e. The van der Waals surface area contributed by atoms with E-state index in [4.69, 9.17) is 0 Å². The summed E-state index contributed by atoms with van der Waals surface area (Å²) in [6.07, 6.45) is 3.41. The lowest BCUT2D eigenvalue weighted by atomic mass is 9.72. The average Bonchev–Trinajstić information content (AvgIpc) is 2.91. The van der Waals surface area contributed by atoms with Crippen LogP contribution >= 0.6 is 24.6 Å². The van der Waals surface area contributed by atoms with Crippen LogP contribution in [-0.2, 0) is 11.3 Å².